The van der Waals surface area contributed by atoms with Crippen molar-refractivity contribution in [2.24, 2.45) is 11.8 Å². The number of rotatable bonds is 3. The van der Waals surface area contributed by atoms with Gasteiger partial charge in [0, 0.05) is 0 Å². The van der Waals surface area contributed by atoms with Gasteiger partial charge in [-0.2, -0.15) is 0 Å². The summed E-state index contributed by atoms with van der Waals surface area (Å²) < 4.78 is 0. The molecule has 1 fully saturated rings. The first-order valence-electron chi connectivity index (χ1n) is 5.82. The second-order valence-corrected chi connectivity index (χ2v) is 5.40. The van der Waals surface area contributed by atoms with E-state index in [1.54, 1.807) is 0 Å². The molecule has 0 radical (unpaired) electrons. The van der Waals surface area contributed by atoms with Crippen LogP contribution >= 0.6 is 0 Å². The molecule has 0 bridgehead atoms. The molecule has 0 spiro atoms. The van der Waals surface area contributed by atoms with Crippen molar-refractivity contribution in [3.63, 3.8) is 0 Å². The highest BCUT2D eigenvalue weighted by Crippen LogP contribution is 2.39. The minimum Gasteiger partial charge on any atom is -0.386 e. The van der Waals surface area contributed by atoms with Gasteiger partial charge in [0.2, 0.25) is 0 Å². The van der Waals surface area contributed by atoms with Gasteiger partial charge in [0.15, 0.2) is 0 Å². The van der Waals surface area contributed by atoms with Gasteiger partial charge >= 0.3 is 0 Å². The van der Waals surface area contributed by atoms with Crippen LogP contribution in [0, 0.1) is 11.8 Å². The molecule has 1 heteroatoms. The van der Waals surface area contributed by atoms with Crippen LogP contribution in [-0.4, -0.2) is 10.7 Å². The Labute approximate surface area is 88.2 Å². The van der Waals surface area contributed by atoms with Crippen LogP contribution in [0.5, 0.6) is 0 Å². The van der Waals surface area contributed by atoms with Gasteiger partial charge in [-0.3, -0.25) is 0 Å². The normalized spacial score (nSPS) is 33.4. The molecule has 0 amide bonds. The Bertz CT molecular complexity index is 207. The topological polar surface area (TPSA) is 20.2 Å². The summed E-state index contributed by atoms with van der Waals surface area (Å²) in [4.78, 5) is 0. The maximum atomic E-state index is 10.3. The second-order valence-electron chi connectivity index (χ2n) is 5.40. The van der Waals surface area contributed by atoms with Gasteiger partial charge in [0.1, 0.15) is 0 Å². The smallest absolute Gasteiger partial charge is 0.0854 e. The minimum atomic E-state index is -0.558. The van der Waals surface area contributed by atoms with Gasteiger partial charge in [-0.05, 0) is 50.0 Å². The molecule has 1 aliphatic rings. The standard InChI is InChI=1S/C13H24O/c1-10(2)8-12-6-5-7-13(14,9-12)11(3)4/h10,12,14H,3,5-9H2,1-2,4H3. The molecule has 82 valence electrons. The van der Waals surface area contributed by atoms with Crippen molar-refractivity contribution >= 4 is 0 Å². The van der Waals surface area contributed by atoms with E-state index < -0.39 is 5.60 Å². The van der Waals surface area contributed by atoms with Crippen molar-refractivity contribution in [2.45, 2.75) is 58.5 Å². The lowest BCUT2D eigenvalue weighted by Crippen LogP contribution is -2.36. The van der Waals surface area contributed by atoms with Gasteiger partial charge in [-0.15, -0.1) is 0 Å². The van der Waals surface area contributed by atoms with E-state index in [-0.39, 0.29) is 0 Å². The second kappa shape index (κ2) is 4.48. The molecular weight excluding hydrogens is 172 g/mol. The Balaban J connectivity index is 2.55. The summed E-state index contributed by atoms with van der Waals surface area (Å²) in [6.45, 7) is 10.4. The first-order valence-corrected chi connectivity index (χ1v) is 5.82. The van der Waals surface area contributed by atoms with Crippen LogP contribution in [0.25, 0.3) is 0 Å². The van der Waals surface area contributed by atoms with E-state index in [1.807, 2.05) is 6.92 Å². The Morgan fingerprint density at radius 1 is 1.57 bits per heavy atom. The fourth-order valence-electron chi connectivity index (χ4n) is 2.62. The van der Waals surface area contributed by atoms with Crippen molar-refractivity contribution in [3.8, 4) is 0 Å². The average molecular weight is 196 g/mol. The van der Waals surface area contributed by atoms with E-state index in [0.717, 1.165) is 30.8 Å². The van der Waals surface area contributed by atoms with E-state index >= 15 is 0 Å². The predicted molar refractivity (Wildman–Crippen MR) is 61.2 cm³/mol. The fraction of sp³-hybridized carbons (Fsp3) is 0.846. The van der Waals surface area contributed by atoms with Crippen LogP contribution < -0.4 is 0 Å². The molecule has 1 N–H and O–H groups in total. The summed E-state index contributed by atoms with van der Waals surface area (Å²) in [7, 11) is 0. The summed E-state index contributed by atoms with van der Waals surface area (Å²) in [5.41, 5.74) is 0.392. The van der Waals surface area contributed by atoms with Crippen LogP contribution in [0.3, 0.4) is 0 Å². The predicted octanol–water partition coefficient (Wildman–Crippen LogP) is 3.53. The van der Waals surface area contributed by atoms with E-state index in [1.165, 1.54) is 12.8 Å². The fourth-order valence-corrected chi connectivity index (χ4v) is 2.62. The van der Waals surface area contributed by atoms with Crippen molar-refractivity contribution in [1.82, 2.24) is 0 Å². The van der Waals surface area contributed by atoms with Crippen LogP contribution in [-0.2, 0) is 0 Å². The van der Waals surface area contributed by atoms with E-state index in [2.05, 4.69) is 20.4 Å². The summed E-state index contributed by atoms with van der Waals surface area (Å²) in [5.74, 6) is 1.44. The molecule has 1 rings (SSSR count). The van der Waals surface area contributed by atoms with Gasteiger partial charge in [-0.1, -0.05) is 26.8 Å². The van der Waals surface area contributed by atoms with Gasteiger partial charge in [0.25, 0.3) is 0 Å². The summed E-state index contributed by atoms with van der Waals surface area (Å²) in [6.07, 6.45) is 5.53. The van der Waals surface area contributed by atoms with Crippen molar-refractivity contribution < 1.29 is 5.11 Å². The molecule has 1 aliphatic carbocycles. The third kappa shape index (κ3) is 2.84. The molecule has 0 aromatic rings. The maximum Gasteiger partial charge on any atom is 0.0854 e. The van der Waals surface area contributed by atoms with Crippen LogP contribution in [0.15, 0.2) is 12.2 Å². The molecule has 0 aromatic carbocycles. The highest BCUT2D eigenvalue weighted by atomic mass is 16.3. The van der Waals surface area contributed by atoms with E-state index in [0.29, 0.717) is 5.92 Å². The first kappa shape index (κ1) is 11.8. The third-order valence-electron chi connectivity index (χ3n) is 3.43. The summed E-state index contributed by atoms with van der Waals surface area (Å²) in [6, 6.07) is 0. The molecule has 0 aromatic heterocycles. The highest BCUT2D eigenvalue weighted by molar-refractivity contribution is 5.11. The number of hydrogen-bond acceptors (Lipinski definition) is 1. The summed E-state index contributed by atoms with van der Waals surface area (Å²) >= 11 is 0. The van der Waals surface area contributed by atoms with Gasteiger partial charge in [0.05, 0.1) is 5.60 Å². The molecule has 0 aliphatic heterocycles. The zero-order valence-electron chi connectivity index (χ0n) is 9.84. The largest absolute Gasteiger partial charge is 0.386 e. The third-order valence-corrected chi connectivity index (χ3v) is 3.43. The average Bonchev–Trinajstić information content (AvgIpc) is 2.02. The highest BCUT2D eigenvalue weighted by Gasteiger charge is 2.34. The molecule has 0 heterocycles. The zero-order valence-corrected chi connectivity index (χ0v) is 9.84. The van der Waals surface area contributed by atoms with Crippen LogP contribution in [0.2, 0.25) is 0 Å². The Hall–Kier alpha value is -0.300. The minimum absolute atomic E-state index is 0.558. The van der Waals surface area contributed by atoms with Crippen molar-refractivity contribution in [1.29, 1.82) is 0 Å². The molecule has 1 nitrogen and oxygen atoms in total. The van der Waals surface area contributed by atoms with Crippen LogP contribution in [0.1, 0.15) is 52.9 Å². The van der Waals surface area contributed by atoms with E-state index in [9.17, 15) is 5.11 Å². The summed E-state index contributed by atoms with van der Waals surface area (Å²) in [5, 5.41) is 10.3. The Kier molecular flexibility index (Phi) is 3.77. The number of aliphatic hydroxyl groups is 1. The van der Waals surface area contributed by atoms with Crippen molar-refractivity contribution in [3.05, 3.63) is 12.2 Å². The Morgan fingerprint density at radius 2 is 2.21 bits per heavy atom. The first-order chi connectivity index (χ1) is 6.44. The molecule has 1 saturated carbocycles. The quantitative estimate of drug-likeness (QED) is 0.685. The Morgan fingerprint density at radius 3 is 2.71 bits per heavy atom. The molecule has 14 heavy (non-hydrogen) atoms. The zero-order chi connectivity index (χ0) is 10.8. The lowest BCUT2D eigenvalue weighted by Gasteiger charge is -2.38. The lowest BCUT2D eigenvalue weighted by molar-refractivity contribution is 0.0135. The molecular formula is C13H24O. The van der Waals surface area contributed by atoms with Gasteiger partial charge < -0.3 is 5.11 Å². The maximum absolute atomic E-state index is 10.3. The van der Waals surface area contributed by atoms with E-state index in [4.69, 9.17) is 0 Å². The molecule has 2 atom stereocenters. The number of hydrogen-bond donors (Lipinski definition) is 1. The molecule has 0 saturated heterocycles. The van der Waals surface area contributed by atoms with Gasteiger partial charge in [-0.25, -0.2) is 0 Å². The van der Waals surface area contributed by atoms with Crippen molar-refractivity contribution in [2.75, 3.05) is 0 Å². The SMILES string of the molecule is C=C(C)C1(O)CCCC(CC(C)C)C1. The molecule has 2 unspecified atom stereocenters. The monoisotopic (exact) mass is 196 g/mol. The lowest BCUT2D eigenvalue weighted by atomic mass is 9.72. The van der Waals surface area contributed by atoms with Crippen LogP contribution in [0.4, 0.5) is 0 Å².